The van der Waals surface area contributed by atoms with Gasteiger partial charge in [-0.3, -0.25) is 4.72 Å². The van der Waals surface area contributed by atoms with Crippen molar-refractivity contribution in [2.75, 3.05) is 4.72 Å². The van der Waals surface area contributed by atoms with Crippen LogP contribution in [0.25, 0.3) is 0 Å². The van der Waals surface area contributed by atoms with Gasteiger partial charge in [0.25, 0.3) is 10.0 Å². The van der Waals surface area contributed by atoms with E-state index >= 15 is 0 Å². The Morgan fingerprint density at radius 3 is 2.19 bits per heavy atom. The Bertz CT molecular complexity index is 787. The molecule has 2 aromatic rings. The normalized spacial score (nSPS) is 11.5. The molecular weight excluding hydrogens is 411 g/mol. The maximum absolute atomic E-state index is 13.9. The third kappa shape index (κ3) is 3.52. The van der Waals surface area contributed by atoms with E-state index in [1.165, 1.54) is 34.7 Å². The smallest absolute Gasteiger partial charge is 0.262 e. The van der Waals surface area contributed by atoms with E-state index in [2.05, 4.69) is 4.72 Å². The van der Waals surface area contributed by atoms with Crippen LogP contribution in [0.5, 0.6) is 0 Å². The highest BCUT2D eigenvalue weighted by Gasteiger charge is 2.19. The van der Waals surface area contributed by atoms with Gasteiger partial charge in [-0.15, -0.1) is 0 Å². The largest absolute Gasteiger partial charge is 0.277 e. The molecule has 112 valence electrons. The highest BCUT2D eigenvalue weighted by atomic mass is 127. The lowest BCUT2D eigenvalue weighted by molar-refractivity contribution is 0.571. The molecule has 3 nitrogen and oxygen atoms in total. The zero-order valence-corrected chi connectivity index (χ0v) is 14.2. The highest BCUT2D eigenvalue weighted by molar-refractivity contribution is 14.1. The monoisotopic (exact) mass is 423 g/mol. The fraction of sp³-hybridized carbons (Fsp3) is 0.143. The lowest BCUT2D eigenvalue weighted by Crippen LogP contribution is -2.15. The topological polar surface area (TPSA) is 46.2 Å². The zero-order chi connectivity index (χ0) is 15.8. The van der Waals surface area contributed by atoms with E-state index in [-0.39, 0.29) is 14.2 Å². The molecule has 1 N–H and O–H groups in total. The zero-order valence-electron chi connectivity index (χ0n) is 11.2. The van der Waals surface area contributed by atoms with Crippen molar-refractivity contribution in [1.29, 1.82) is 0 Å². The standard InChI is InChI=1S/C14H12F2INO2S/c1-8-5-9(2)7-10(6-8)21(19,20)18-12-4-3-11(15)14(17)13(12)16/h3-7,18H,1-2H3. The first-order valence-corrected chi connectivity index (χ1v) is 8.51. The summed E-state index contributed by atoms with van der Waals surface area (Å²) in [5.74, 6) is -1.66. The first-order chi connectivity index (χ1) is 9.70. The fourth-order valence-electron chi connectivity index (χ4n) is 1.90. The number of anilines is 1. The first-order valence-electron chi connectivity index (χ1n) is 5.95. The van der Waals surface area contributed by atoms with E-state index in [9.17, 15) is 17.2 Å². The molecule has 0 heterocycles. The predicted octanol–water partition coefficient (Wildman–Crippen LogP) is 3.99. The third-order valence-corrected chi connectivity index (χ3v) is 5.12. The number of nitrogens with one attached hydrogen (secondary N) is 1. The van der Waals surface area contributed by atoms with Crippen LogP contribution in [0.4, 0.5) is 14.5 Å². The van der Waals surface area contributed by atoms with Gasteiger partial charge in [0, 0.05) is 0 Å². The van der Waals surface area contributed by atoms with Crippen molar-refractivity contribution in [1.82, 2.24) is 0 Å². The van der Waals surface area contributed by atoms with Gasteiger partial charge in [-0.1, -0.05) is 6.07 Å². The Hall–Kier alpha value is -1.22. The van der Waals surface area contributed by atoms with Crippen molar-refractivity contribution in [2.24, 2.45) is 0 Å². The molecule has 0 bridgehead atoms. The average molecular weight is 423 g/mol. The van der Waals surface area contributed by atoms with Crippen molar-refractivity contribution >= 4 is 38.3 Å². The van der Waals surface area contributed by atoms with Gasteiger partial charge in [0.05, 0.1) is 14.2 Å². The maximum atomic E-state index is 13.9. The molecule has 0 aliphatic rings. The molecule has 2 rings (SSSR count). The molecule has 0 saturated heterocycles. The van der Waals surface area contributed by atoms with Crippen LogP contribution in [0.1, 0.15) is 11.1 Å². The van der Waals surface area contributed by atoms with Gasteiger partial charge in [-0.2, -0.15) is 0 Å². The summed E-state index contributed by atoms with van der Waals surface area (Å²) < 4.78 is 53.5. The lowest BCUT2D eigenvalue weighted by Gasteiger charge is -2.11. The van der Waals surface area contributed by atoms with Crippen LogP contribution in [0.15, 0.2) is 35.2 Å². The minimum absolute atomic E-state index is 0.0405. The van der Waals surface area contributed by atoms with Crippen LogP contribution >= 0.6 is 22.6 Å². The average Bonchev–Trinajstić information content (AvgIpc) is 2.38. The number of benzene rings is 2. The van der Waals surface area contributed by atoms with Crippen LogP contribution < -0.4 is 4.72 Å². The fourth-order valence-corrected chi connectivity index (χ4v) is 3.61. The van der Waals surface area contributed by atoms with Gasteiger partial charge in [-0.25, -0.2) is 17.2 Å². The summed E-state index contributed by atoms with van der Waals surface area (Å²) in [7, 11) is -3.93. The van der Waals surface area contributed by atoms with Crippen LogP contribution in [0.3, 0.4) is 0 Å². The van der Waals surface area contributed by atoms with E-state index in [0.29, 0.717) is 0 Å². The molecule has 21 heavy (non-hydrogen) atoms. The van der Waals surface area contributed by atoms with Gasteiger partial charge >= 0.3 is 0 Å². The van der Waals surface area contributed by atoms with E-state index in [1.807, 2.05) is 6.07 Å². The SMILES string of the molecule is Cc1cc(C)cc(S(=O)(=O)Nc2ccc(F)c(I)c2F)c1. The summed E-state index contributed by atoms with van der Waals surface area (Å²) in [4.78, 5) is 0.0405. The molecule has 0 atom stereocenters. The second-order valence-electron chi connectivity index (χ2n) is 4.65. The number of hydrogen-bond acceptors (Lipinski definition) is 2. The summed E-state index contributed by atoms with van der Waals surface area (Å²) >= 11 is 1.49. The molecule has 0 saturated carbocycles. The van der Waals surface area contributed by atoms with Gasteiger partial charge in [-0.05, 0) is 71.8 Å². The molecule has 0 aliphatic carbocycles. The molecule has 0 aliphatic heterocycles. The van der Waals surface area contributed by atoms with Crippen molar-refractivity contribution in [3.63, 3.8) is 0 Å². The number of sulfonamides is 1. The predicted molar refractivity (Wildman–Crippen MR) is 85.8 cm³/mol. The number of aryl methyl sites for hydroxylation is 2. The summed E-state index contributed by atoms with van der Waals surface area (Å²) in [6.07, 6.45) is 0. The van der Waals surface area contributed by atoms with Crippen molar-refractivity contribution in [2.45, 2.75) is 18.7 Å². The Labute approximate surface area is 135 Å². The van der Waals surface area contributed by atoms with Gasteiger partial charge < -0.3 is 0 Å². The second-order valence-corrected chi connectivity index (χ2v) is 7.41. The Kier molecular flexibility index (Phi) is 4.52. The van der Waals surface area contributed by atoms with Crippen molar-refractivity contribution in [3.05, 3.63) is 56.7 Å². The summed E-state index contributed by atoms with van der Waals surface area (Å²) in [6.45, 7) is 3.54. The summed E-state index contributed by atoms with van der Waals surface area (Å²) in [6, 6.07) is 6.89. The Morgan fingerprint density at radius 2 is 1.62 bits per heavy atom. The Balaban J connectivity index is 2.45. The van der Waals surface area contributed by atoms with Crippen molar-refractivity contribution < 1.29 is 17.2 Å². The lowest BCUT2D eigenvalue weighted by atomic mass is 10.2. The van der Waals surface area contributed by atoms with Gasteiger partial charge in [0.1, 0.15) is 5.82 Å². The summed E-state index contributed by atoms with van der Waals surface area (Å²) in [5, 5.41) is 0. The molecular formula is C14H12F2INO2S. The molecule has 0 radical (unpaired) electrons. The highest BCUT2D eigenvalue weighted by Crippen LogP contribution is 2.25. The van der Waals surface area contributed by atoms with E-state index < -0.39 is 21.7 Å². The van der Waals surface area contributed by atoms with Crippen LogP contribution in [0, 0.1) is 29.1 Å². The number of halogens is 3. The molecule has 0 fully saturated rings. The van der Waals surface area contributed by atoms with Gasteiger partial charge in [0.2, 0.25) is 0 Å². The van der Waals surface area contributed by atoms with E-state index in [1.54, 1.807) is 13.8 Å². The second kappa shape index (κ2) is 5.88. The van der Waals surface area contributed by atoms with E-state index in [0.717, 1.165) is 23.3 Å². The van der Waals surface area contributed by atoms with Crippen molar-refractivity contribution in [3.8, 4) is 0 Å². The first kappa shape index (κ1) is 16.2. The minimum Gasteiger partial charge on any atom is -0.277 e. The minimum atomic E-state index is -3.93. The maximum Gasteiger partial charge on any atom is 0.262 e. The molecule has 0 unspecified atom stereocenters. The molecule has 2 aromatic carbocycles. The summed E-state index contributed by atoms with van der Waals surface area (Å²) in [5.41, 5.74) is 1.29. The van der Waals surface area contributed by atoms with Crippen LogP contribution in [-0.2, 0) is 10.0 Å². The molecule has 7 heteroatoms. The number of hydrogen-bond donors (Lipinski definition) is 1. The van der Waals surface area contributed by atoms with E-state index in [4.69, 9.17) is 0 Å². The number of rotatable bonds is 3. The van der Waals surface area contributed by atoms with Gasteiger partial charge in [0.15, 0.2) is 5.82 Å². The van der Waals surface area contributed by atoms with Crippen LogP contribution in [-0.4, -0.2) is 8.42 Å². The molecule has 0 aromatic heterocycles. The third-order valence-electron chi connectivity index (χ3n) is 2.79. The molecule has 0 amide bonds. The quantitative estimate of drug-likeness (QED) is 0.600. The molecule has 0 spiro atoms. The van der Waals surface area contributed by atoms with Crippen LogP contribution in [0.2, 0.25) is 0 Å². The Morgan fingerprint density at radius 1 is 1.05 bits per heavy atom.